The molecule has 0 spiro atoms. The number of amides is 2. The number of nitrogens with one attached hydrogen (secondary N) is 1. The van der Waals surface area contributed by atoms with Gasteiger partial charge in [-0.05, 0) is 61.8 Å². The van der Waals surface area contributed by atoms with Crippen LogP contribution in [0.5, 0.6) is 0 Å². The van der Waals surface area contributed by atoms with Crippen LogP contribution in [0.4, 0.5) is 5.69 Å². The lowest BCUT2D eigenvalue weighted by Gasteiger charge is -2.45. The van der Waals surface area contributed by atoms with Crippen LogP contribution in [0.2, 0.25) is 0 Å². The summed E-state index contributed by atoms with van der Waals surface area (Å²) >= 11 is 0. The van der Waals surface area contributed by atoms with Gasteiger partial charge in [-0.25, -0.2) is 0 Å². The van der Waals surface area contributed by atoms with E-state index in [2.05, 4.69) is 5.32 Å². The van der Waals surface area contributed by atoms with Crippen molar-refractivity contribution in [3.63, 3.8) is 0 Å². The van der Waals surface area contributed by atoms with Gasteiger partial charge >= 0.3 is 5.97 Å². The molecule has 3 aliphatic carbocycles. The minimum atomic E-state index is -0.860. The molecular formula is C21H26N2O5. The second kappa shape index (κ2) is 7.91. The maximum atomic E-state index is 12.9. The summed E-state index contributed by atoms with van der Waals surface area (Å²) in [6, 6.07) is 6.83. The molecular weight excluding hydrogens is 360 g/mol. The summed E-state index contributed by atoms with van der Waals surface area (Å²) in [5.74, 6) is -1.93. The van der Waals surface area contributed by atoms with Crippen molar-refractivity contribution in [2.24, 2.45) is 23.7 Å². The van der Waals surface area contributed by atoms with Crippen molar-refractivity contribution in [1.29, 1.82) is 0 Å². The molecule has 4 aliphatic rings. The van der Waals surface area contributed by atoms with Crippen LogP contribution in [0.1, 0.15) is 36.0 Å². The Kier molecular flexibility index (Phi) is 5.35. The molecule has 1 aromatic carbocycles. The van der Waals surface area contributed by atoms with E-state index in [4.69, 9.17) is 4.74 Å². The van der Waals surface area contributed by atoms with Crippen LogP contribution in [0, 0.1) is 23.7 Å². The summed E-state index contributed by atoms with van der Waals surface area (Å²) < 4.78 is 5.27. The number of hydrogen-bond acceptors (Lipinski definition) is 4. The highest BCUT2D eigenvalue weighted by Gasteiger charge is 2.50. The Balaban J connectivity index is 1.43. The molecule has 2 N–H and O–H groups in total. The number of ether oxygens (including phenoxy) is 1. The predicted octanol–water partition coefficient (Wildman–Crippen LogP) is 2.23. The molecule has 2 bridgehead atoms. The molecule has 5 rings (SSSR count). The van der Waals surface area contributed by atoms with Crippen molar-refractivity contribution in [3.05, 3.63) is 29.8 Å². The largest absolute Gasteiger partial charge is 0.481 e. The van der Waals surface area contributed by atoms with Gasteiger partial charge in [0.1, 0.15) is 0 Å². The first-order valence-corrected chi connectivity index (χ1v) is 10.1. The van der Waals surface area contributed by atoms with E-state index in [0.29, 0.717) is 37.6 Å². The molecule has 0 radical (unpaired) electrons. The zero-order valence-electron chi connectivity index (χ0n) is 15.8. The Morgan fingerprint density at radius 3 is 2.07 bits per heavy atom. The van der Waals surface area contributed by atoms with Gasteiger partial charge in [-0.1, -0.05) is 0 Å². The molecule has 150 valence electrons. The van der Waals surface area contributed by atoms with E-state index < -0.39 is 17.8 Å². The first-order chi connectivity index (χ1) is 13.5. The monoisotopic (exact) mass is 386 g/mol. The number of carboxylic acid groups (broad SMARTS) is 1. The highest BCUT2D eigenvalue weighted by Crippen LogP contribution is 2.49. The van der Waals surface area contributed by atoms with Crippen LogP contribution >= 0.6 is 0 Å². The Hall–Kier alpha value is -2.41. The van der Waals surface area contributed by atoms with E-state index in [1.165, 1.54) is 0 Å². The van der Waals surface area contributed by atoms with Gasteiger partial charge < -0.3 is 20.1 Å². The van der Waals surface area contributed by atoms with Gasteiger partial charge in [0.15, 0.2) is 0 Å². The van der Waals surface area contributed by atoms with Gasteiger partial charge in [0.25, 0.3) is 5.91 Å². The van der Waals surface area contributed by atoms with Crippen LogP contribution in [-0.4, -0.2) is 54.1 Å². The van der Waals surface area contributed by atoms with Gasteiger partial charge in [0, 0.05) is 24.3 Å². The lowest BCUT2D eigenvalue weighted by atomic mass is 9.58. The van der Waals surface area contributed by atoms with Crippen LogP contribution in [0.3, 0.4) is 0 Å². The van der Waals surface area contributed by atoms with E-state index in [-0.39, 0.29) is 23.7 Å². The minimum Gasteiger partial charge on any atom is -0.481 e. The molecule has 0 unspecified atom stereocenters. The zero-order valence-corrected chi connectivity index (χ0v) is 15.8. The molecule has 28 heavy (non-hydrogen) atoms. The number of carboxylic acids is 1. The maximum absolute atomic E-state index is 12.9. The number of anilines is 1. The number of fused-ring (bicyclic) bond motifs is 3. The maximum Gasteiger partial charge on any atom is 0.307 e. The summed E-state index contributed by atoms with van der Waals surface area (Å²) in [6.07, 6.45) is 3.67. The zero-order chi connectivity index (χ0) is 19.7. The van der Waals surface area contributed by atoms with Gasteiger partial charge in [-0.3, -0.25) is 14.4 Å². The second-order valence-electron chi connectivity index (χ2n) is 8.04. The number of rotatable bonds is 4. The Morgan fingerprint density at radius 2 is 1.50 bits per heavy atom. The Labute approximate surface area is 164 Å². The van der Waals surface area contributed by atoms with Crippen molar-refractivity contribution < 1.29 is 24.2 Å². The molecule has 2 amide bonds. The van der Waals surface area contributed by atoms with E-state index in [0.717, 1.165) is 25.7 Å². The predicted molar refractivity (Wildman–Crippen MR) is 102 cm³/mol. The fraction of sp³-hybridized carbons (Fsp3) is 0.571. The number of hydrogen-bond donors (Lipinski definition) is 2. The third-order valence-corrected chi connectivity index (χ3v) is 6.50. The topological polar surface area (TPSA) is 95.9 Å². The fourth-order valence-electron chi connectivity index (χ4n) is 5.05. The summed E-state index contributed by atoms with van der Waals surface area (Å²) in [5.41, 5.74) is 1.16. The highest BCUT2D eigenvalue weighted by molar-refractivity contribution is 5.97. The lowest BCUT2D eigenvalue weighted by molar-refractivity contribution is -0.156. The van der Waals surface area contributed by atoms with Crippen molar-refractivity contribution in [2.75, 3.05) is 31.6 Å². The number of aliphatic carboxylic acids is 1. The molecule has 1 aliphatic heterocycles. The van der Waals surface area contributed by atoms with Crippen LogP contribution in [-0.2, 0) is 14.3 Å². The van der Waals surface area contributed by atoms with Crippen LogP contribution in [0.25, 0.3) is 0 Å². The van der Waals surface area contributed by atoms with Gasteiger partial charge in [0.05, 0.1) is 25.0 Å². The number of carbonyl (C=O) groups excluding carboxylic acids is 2. The van der Waals surface area contributed by atoms with Crippen molar-refractivity contribution in [3.8, 4) is 0 Å². The number of carbonyl (C=O) groups is 3. The number of morpholine rings is 1. The molecule has 7 nitrogen and oxygen atoms in total. The van der Waals surface area contributed by atoms with E-state index in [1.807, 2.05) is 0 Å². The van der Waals surface area contributed by atoms with Gasteiger partial charge in [-0.15, -0.1) is 0 Å². The van der Waals surface area contributed by atoms with E-state index in [9.17, 15) is 19.5 Å². The van der Waals surface area contributed by atoms with E-state index in [1.54, 1.807) is 29.2 Å². The first kappa shape index (κ1) is 18.9. The second-order valence-corrected chi connectivity index (χ2v) is 8.04. The average Bonchev–Trinajstić information content (AvgIpc) is 2.74. The Morgan fingerprint density at radius 1 is 0.929 bits per heavy atom. The molecule has 0 aromatic heterocycles. The number of nitrogens with zero attached hydrogens (tertiary/aromatic N) is 1. The molecule has 1 aromatic rings. The molecule has 7 heteroatoms. The van der Waals surface area contributed by atoms with Crippen molar-refractivity contribution >= 4 is 23.5 Å². The average molecular weight is 386 g/mol. The van der Waals surface area contributed by atoms with Crippen molar-refractivity contribution in [2.45, 2.75) is 25.7 Å². The summed E-state index contributed by atoms with van der Waals surface area (Å²) in [4.78, 5) is 38.9. The SMILES string of the molecule is O=C(O)[C@@H]1C2CCC(CC2)[C@@H]1C(=O)Nc1ccc(C(=O)N2CCOCC2)cc1. The number of benzene rings is 1. The van der Waals surface area contributed by atoms with Crippen molar-refractivity contribution in [1.82, 2.24) is 4.90 Å². The van der Waals surface area contributed by atoms with Crippen LogP contribution in [0.15, 0.2) is 24.3 Å². The Bertz CT molecular complexity index is 749. The summed E-state index contributed by atoms with van der Waals surface area (Å²) in [6.45, 7) is 2.26. The first-order valence-electron chi connectivity index (χ1n) is 10.1. The highest BCUT2D eigenvalue weighted by atomic mass is 16.5. The van der Waals surface area contributed by atoms with Gasteiger partial charge in [-0.2, -0.15) is 0 Å². The normalized spacial score (nSPS) is 29.4. The molecule has 3 saturated carbocycles. The molecule has 4 fully saturated rings. The third-order valence-electron chi connectivity index (χ3n) is 6.50. The standard InChI is InChI=1S/C21H26N2O5/c24-19(17-13-1-3-14(4-2-13)18(17)21(26)27)22-16-7-5-15(6-8-16)20(25)23-9-11-28-12-10-23/h5-8,13-14,17-18H,1-4,9-12H2,(H,22,24)(H,26,27)/t13?,14?,17-,18+/m0/s1. The third kappa shape index (κ3) is 3.63. The quantitative estimate of drug-likeness (QED) is 0.827. The van der Waals surface area contributed by atoms with Crippen LogP contribution < -0.4 is 5.32 Å². The van der Waals surface area contributed by atoms with E-state index >= 15 is 0 Å². The van der Waals surface area contributed by atoms with Gasteiger partial charge in [0.2, 0.25) is 5.91 Å². The fourth-order valence-corrected chi connectivity index (χ4v) is 5.05. The smallest absolute Gasteiger partial charge is 0.307 e. The molecule has 1 saturated heterocycles. The molecule has 2 atom stereocenters. The lowest BCUT2D eigenvalue weighted by Crippen LogP contribution is -2.49. The minimum absolute atomic E-state index is 0.0447. The summed E-state index contributed by atoms with van der Waals surface area (Å²) in [5, 5.41) is 12.5. The summed E-state index contributed by atoms with van der Waals surface area (Å²) in [7, 11) is 0. The molecule has 1 heterocycles.